The van der Waals surface area contributed by atoms with Gasteiger partial charge in [0.1, 0.15) is 11.4 Å². The van der Waals surface area contributed by atoms with E-state index in [0.717, 1.165) is 0 Å². The van der Waals surface area contributed by atoms with E-state index in [1.165, 1.54) is 6.07 Å². The first kappa shape index (κ1) is 15.4. The summed E-state index contributed by atoms with van der Waals surface area (Å²) in [6, 6.07) is 6.60. The Morgan fingerprint density at radius 2 is 1.95 bits per heavy atom. The zero-order chi connectivity index (χ0) is 14.3. The predicted octanol–water partition coefficient (Wildman–Crippen LogP) is 2.44. The molecule has 106 valence electrons. The standard InChI is InChI=1S/C14H21FN2O2/c1-14(2,3)19-13(18)17-9-8-16-10-11-6-4-5-7-12(11)15/h4-7,16H,8-10H2,1-3H3,(H,17,18). The van der Waals surface area contributed by atoms with Gasteiger partial charge < -0.3 is 15.4 Å². The first-order valence-electron chi connectivity index (χ1n) is 6.29. The third kappa shape index (κ3) is 6.76. The van der Waals surface area contributed by atoms with Crippen molar-refractivity contribution in [1.82, 2.24) is 10.6 Å². The van der Waals surface area contributed by atoms with Gasteiger partial charge in [0.25, 0.3) is 0 Å². The van der Waals surface area contributed by atoms with Crippen LogP contribution in [0.3, 0.4) is 0 Å². The van der Waals surface area contributed by atoms with E-state index in [1.54, 1.807) is 18.2 Å². The number of benzene rings is 1. The molecule has 0 aliphatic rings. The van der Waals surface area contributed by atoms with Gasteiger partial charge >= 0.3 is 6.09 Å². The maximum Gasteiger partial charge on any atom is 0.407 e. The lowest BCUT2D eigenvalue weighted by molar-refractivity contribution is 0.0528. The molecule has 0 fully saturated rings. The number of hydrogen-bond donors (Lipinski definition) is 2. The van der Waals surface area contributed by atoms with Crippen molar-refractivity contribution in [2.45, 2.75) is 32.9 Å². The molecular weight excluding hydrogens is 247 g/mol. The Hall–Kier alpha value is -1.62. The number of rotatable bonds is 5. The molecule has 0 saturated carbocycles. The van der Waals surface area contributed by atoms with Crippen molar-refractivity contribution in [3.8, 4) is 0 Å². The van der Waals surface area contributed by atoms with Crippen LogP contribution >= 0.6 is 0 Å². The molecule has 0 spiro atoms. The minimum absolute atomic E-state index is 0.227. The summed E-state index contributed by atoms with van der Waals surface area (Å²) in [5.41, 5.74) is 0.116. The molecule has 0 heterocycles. The van der Waals surface area contributed by atoms with Crippen LogP contribution in [0.2, 0.25) is 0 Å². The molecule has 1 aromatic rings. The molecule has 5 heteroatoms. The van der Waals surface area contributed by atoms with Crippen molar-refractivity contribution in [3.63, 3.8) is 0 Å². The maximum absolute atomic E-state index is 13.3. The molecule has 0 radical (unpaired) electrons. The highest BCUT2D eigenvalue weighted by molar-refractivity contribution is 5.67. The van der Waals surface area contributed by atoms with Crippen molar-refractivity contribution >= 4 is 6.09 Å². The van der Waals surface area contributed by atoms with Crippen molar-refractivity contribution in [2.24, 2.45) is 0 Å². The van der Waals surface area contributed by atoms with Gasteiger partial charge in [0.2, 0.25) is 0 Å². The molecule has 1 amide bonds. The van der Waals surface area contributed by atoms with Gasteiger partial charge in [-0.15, -0.1) is 0 Å². The maximum atomic E-state index is 13.3. The van der Waals surface area contributed by atoms with Crippen LogP contribution in [-0.4, -0.2) is 24.8 Å². The van der Waals surface area contributed by atoms with Gasteiger partial charge in [0, 0.05) is 25.2 Å². The smallest absolute Gasteiger partial charge is 0.407 e. The summed E-state index contributed by atoms with van der Waals surface area (Å²) < 4.78 is 18.4. The van der Waals surface area contributed by atoms with Crippen LogP contribution in [0.1, 0.15) is 26.3 Å². The summed E-state index contributed by atoms with van der Waals surface area (Å²) in [5, 5.41) is 5.67. The topological polar surface area (TPSA) is 50.4 Å². The second kappa shape index (κ2) is 7.09. The van der Waals surface area contributed by atoms with E-state index in [1.807, 2.05) is 20.8 Å². The number of amides is 1. The van der Waals surface area contributed by atoms with Crippen molar-refractivity contribution in [2.75, 3.05) is 13.1 Å². The van der Waals surface area contributed by atoms with Gasteiger partial charge in [-0.25, -0.2) is 9.18 Å². The van der Waals surface area contributed by atoms with Gasteiger partial charge in [-0.1, -0.05) is 18.2 Å². The number of nitrogens with one attached hydrogen (secondary N) is 2. The molecule has 0 bridgehead atoms. The Labute approximate surface area is 113 Å². The van der Waals surface area contributed by atoms with Crippen LogP contribution < -0.4 is 10.6 Å². The number of carbonyl (C=O) groups excluding carboxylic acids is 1. The Morgan fingerprint density at radius 3 is 2.58 bits per heavy atom. The van der Waals surface area contributed by atoms with Crippen molar-refractivity contribution < 1.29 is 13.9 Å². The Morgan fingerprint density at radius 1 is 1.26 bits per heavy atom. The van der Waals surface area contributed by atoms with E-state index in [-0.39, 0.29) is 5.82 Å². The van der Waals surface area contributed by atoms with Gasteiger partial charge in [0.15, 0.2) is 0 Å². The van der Waals surface area contributed by atoms with Gasteiger partial charge in [-0.2, -0.15) is 0 Å². The van der Waals surface area contributed by atoms with Gasteiger partial charge in [-0.05, 0) is 26.8 Å². The zero-order valence-electron chi connectivity index (χ0n) is 11.6. The van der Waals surface area contributed by atoms with E-state index in [0.29, 0.717) is 25.2 Å². The Kier molecular flexibility index (Phi) is 5.76. The summed E-state index contributed by atoms with van der Waals surface area (Å²) in [4.78, 5) is 11.3. The summed E-state index contributed by atoms with van der Waals surface area (Å²) in [5.74, 6) is -0.227. The van der Waals surface area contributed by atoms with E-state index >= 15 is 0 Å². The third-order valence-electron chi connectivity index (χ3n) is 2.24. The number of hydrogen-bond acceptors (Lipinski definition) is 3. The second-order valence-corrected chi connectivity index (χ2v) is 5.20. The normalized spacial score (nSPS) is 11.2. The molecule has 1 aromatic carbocycles. The monoisotopic (exact) mass is 268 g/mol. The SMILES string of the molecule is CC(C)(C)OC(=O)NCCNCc1ccccc1F. The molecule has 19 heavy (non-hydrogen) atoms. The summed E-state index contributed by atoms with van der Waals surface area (Å²) >= 11 is 0. The van der Waals surface area contributed by atoms with Crippen LogP contribution in [-0.2, 0) is 11.3 Å². The summed E-state index contributed by atoms with van der Waals surface area (Å²) in [6.45, 7) is 6.84. The molecule has 0 unspecified atom stereocenters. The molecule has 0 atom stereocenters. The van der Waals surface area contributed by atoms with Gasteiger partial charge in [-0.3, -0.25) is 0 Å². The van der Waals surface area contributed by atoms with E-state index in [9.17, 15) is 9.18 Å². The first-order chi connectivity index (χ1) is 8.88. The summed E-state index contributed by atoms with van der Waals surface area (Å²) in [6.07, 6.45) is -0.444. The number of carbonyl (C=O) groups is 1. The second-order valence-electron chi connectivity index (χ2n) is 5.20. The number of alkyl carbamates (subject to hydrolysis) is 1. The first-order valence-corrected chi connectivity index (χ1v) is 6.29. The largest absolute Gasteiger partial charge is 0.444 e. The molecular formula is C14H21FN2O2. The minimum atomic E-state index is -0.495. The molecule has 0 saturated heterocycles. The molecule has 0 aromatic heterocycles. The van der Waals surface area contributed by atoms with Crippen LogP contribution in [0.5, 0.6) is 0 Å². The molecule has 4 nitrogen and oxygen atoms in total. The lowest BCUT2D eigenvalue weighted by atomic mass is 10.2. The highest BCUT2D eigenvalue weighted by Crippen LogP contribution is 2.06. The van der Waals surface area contributed by atoms with Gasteiger partial charge in [0.05, 0.1) is 0 Å². The average molecular weight is 268 g/mol. The zero-order valence-corrected chi connectivity index (χ0v) is 11.6. The molecule has 0 aliphatic carbocycles. The quantitative estimate of drug-likeness (QED) is 0.806. The van der Waals surface area contributed by atoms with E-state index in [4.69, 9.17) is 4.74 Å². The molecule has 2 N–H and O–H groups in total. The van der Waals surface area contributed by atoms with Crippen LogP contribution in [0.15, 0.2) is 24.3 Å². The van der Waals surface area contributed by atoms with Crippen LogP contribution in [0.4, 0.5) is 9.18 Å². The fourth-order valence-corrected chi connectivity index (χ4v) is 1.43. The Balaban J connectivity index is 2.15. The van der Waals surface area contributed by atoms with Crippen molar-refractivity contribution in [3.05, 3.63) is 35.6 Å². The fraction of sp³-hybridized carbons (Fsp3) is 0.500. The number of halogens is 1. The molecule has 1 rings (SSSR count). The minimum Gasteiger partial charge on any atom is -0.444 e. The highest BCUT2D eigenvalue weighted by Gasteiger charge is 2.15. The van der Waals surface area contributed by atoms with Crippen LogP contribution in [0, 0.1) is 5.82 Å². The predicted molar refractivity (Wildman–Crippen MR) is 72.3 cm³/mol. The third-order valence-corrected chi connectivity index (χ3v) is 2.24. The van der Waals surface area contributed by atoms with Crippen LogP contribution in [0.25, 0.3) is 0 Å². The van der Waals surface area contributed by atoms with Crippen molar-refractivity contribution in [1.29, 1.82) is 0 Å². The number of ether oxygens (including phenoxy) is 1. The highest BCUT2D eigenvalue weighted by atomic mass is 19.1. The lowest BCUT2D eigenvalue weighted by Gasteiger charge is -2.19. The Bertz CT molecular complexity index is 416. The van der Waals surface area contributed by atoms with E-state index in [2.05, 4.69) is 10.6 Å². The molecule has 0 aliphatic heterocycles. The average Bonchev–Trinajstić information content (AvgIpc) is 2.28. The van der Waals surface area contributed by atoms with E-state index < -0.39 is 11.7 Å². The summed E-state index contributed by atoms with van der Waals surface area (Å²) in [7, 11) is 0. The lowest BCUT2D eigenvalue weighted by Crippen LogP contribution is -2.36. The fourth-order valence-electron chi connectivity index (χ4n) is 1.43.